The van der Waals surface area contributed by atoms with E-state index in [1.165, 1.54) is 0 Å². The Kier molecular flexibility index (Phi) is 6.39. The van der Waals surface area contributed by atoms with Crippen molar-refractivity contribution >= 4 is 5.91 Å². The van der Waals surface area contributed by atoms with Gasteiger partial charge in [-0.3, -0.25) is 4.79 Å². The van der Waals surface area contributed by atoms with Gasteiger partial charge in [-0.15, -0.1) is 0 Å². The van der Waals surface area contributed by atoms with E-state index in [4.69, 9.17) is 14.2 Å². The Labute approximate surface area is 170 Å². The predicted octanol–water partition coefficient (Wildman–Crippen LogP) is 2.89. The molecule has 7 heteroatoms. The number of rotatable bonds is 8. The number of carbonyl (C=O) groups excluding carboxylic acids is 1. The average Bonchev–Trinajstić information content (AvgIpc) is 3.17. The van der Waals surface area contributed by atoms with Crippen LogP contribution < -0.4 is 19.5 Å². The van der Waals surface area contributed by atoms with Crippen molar-refractivity contribution in [2.45, 2.75) is 12.5 Å². The maximum absolute atomic E-state index is 12.9. The molecule has 29 heavy (non-hydrogen) atoms. The maximum Gasteiger partial charge on any atom is 0.225 e. The molecule has 152 valence electrons. The first-order valence-electron chi connectivity index (χ1n) is 9.16. The monoisotopic (exact) mass is 395 g/mol. The molecule has 1 N–H and O–H groups in total. The van der Waals surface area contributed by atoms with Crippen LogP contribution in [0.4, 0.5) is 0 Å². The number of benzene rings is 2. The summed E-state index contributed by atoms with van der Waals surface area (Å²) in [6.07, 6.45) is 3.77. The second kappa shape index (κ2) is 9.14. The van der Waals surface area contributed by atoms with Crippen molar-refractivity contribution in [3.63, 3.8) is 0 Å². The topological polar surface area (TPSA) is 74.6 Å². The molecule has 0 radical (unpaired) electrons. The molecule has 2 aromatic carbocycles. The van der Waals surface area contributed by atoms with Crippen molar-refractivity contribution in [2.24, 2.45) is 7.05 Å². The van der Waals surface area contributed by atoms with Gasteiger partial charge in [0.25, 0.3) is 0 Å². The number of carbonyl (C=O) groups is 1. The summed E-state index contributed by atoms with van der Waals surface area (Å²) in [5.41, 5.74) is 1.68. The lowest BCUT2D eigenvalue weighted by Crippen LogP contribution is -2.32. The van der Waals surface area contributed by atoms with Crippen LogP contribution in [0.25, 0.3) is 0 Å². The van der Waals surface area contributed by atoms with E-state index in [9.17, 15) is 4.79 Å². The van der Waals surface area contributed by atoms with Gasteiger partial charge in [0, 0.05) is 25.5 Å². The van der Waals surface area contributed by atoms with E-state index < -0.39 is 6.04 Å². The molecule has 0 saturated carbocycles. The van der Waals surface area contributed by atoms with Gasteiger partial charge in [0.05, 0.1) is 27.8 Å². The molecule has 1 aromatic heterocycles. The van der Waals surface area contributed by atoms with Gasteiger partial charge in [-0.05, 0) is 35.4 Å². The molecule has 1 heterocycles. The van der Waals surface area contributed by atoms with Gasteiger partial charge in [0.15, 0.2) is 0 Å². The Balaban J connectivity index is 1.91. The molecule has 0 saturated heterocycles. The number of amides is 1. The van der Waals surface area contributed by atoms with Gasteiger partial charge >= 0.3 is 0 Å². The molecule has 1 amide bonds. The molecule has 1 atom stereocenters. The average molecular weight is 395 g/mol. The fourth-order valence-corrected chi connectivity index (χ4v) is 3.13. The minimum atomic E-state index is -0.461. The molecule has 7 nitrogen and oxygen atoms in total. The highest BCUT2D eigenvalue weighted by Gasteiger charge is 2.22. The maximum atomic E-state index is 12.9. The fourth-order valence-electron chi connectivity index (χ4n) is 3.13. The molecule has 0 aliphatic carbocycles. The van der Waals surface area contributed by atoms with Crippen LogP contribution in [-0.4, -0.2) is 36.8 Å². The SMILES string of the molecule is COc1cccc(CC(=O)NC(c2cc(OC)cc(OC)c2)c2nccn2C)c1. The van der Waals surface area contributed by atoms with E-state index in [0.717, 1.165) is 11.1 Å². The van der Waals surface area contributed by atoms with Gasteiger partial charge in [-0.25, -0.2) is 4.98 Å². The number of hydrogen-bond acceptors (Lipinski definition) is 5. The molecule has 0 bridgehead atoms. The summed E-state index contributed by atoms with van der Waals surface area (Å²) in [6, 6.07) is 12.5. The van der Waals surface area contributed by atoms with Gasteiger partial charge in [0.2, 0.25) is 5.91 Å². The fraction of sp³-hybridized carbons (Fsp3) is 0.273. The summed E-state index contributed by atoms with van der Waals surface area (Å²) in [5.74, 6) is 2.57. The van der Waals surface area contributed by atoms with E-state index in [1.54, 1.807) is 33.6 Å². The summed E-state index contributed by atoms with van der Waals surface area (Å²) in [6.45, 7) is 0. The first kappa shape index (κ1) is 20.3. The summed E-state index contributed by atoms with van der Waals surface area (Å²) < 4.78 is 17.9. The Morgan fingerprint density at radius 2 is 1.72 bits per heavy atom. The van der Waals surface area contributed by atoms with Crippen LogP contribution in [0, 0.1) is 0 Å². The second-order valence-electron chi connectivity index (χ2n) is 6.57. The lowest BCUT2D eigenvalue weighted by molar-refractivity contribution is -0.121. The molecule has 0 aliphatic rings. The van der Waals surface area contributed by atoms with Crippen LogP contribution in [0.15, 0.2) is 54.9 Å². The number of aromatic nitrogens is 2. The molecule has 0 spiro atoms. The molecular weight excluding hydrogens is 370 g/mol. The van der Waals surface area contributed by atoms with E-state index in [2.05, 4.69) is 10.3 Å². The lowest BCUT2D eigenvalue weighted by Gasteiger charge is -2.20. The summed E-state index contributed by atoms with van der Waals surface area (Å²) in [7, 11) is 6.68. The van der Waals surface area contributed by atoms with Crippen LogP contribution >= 0.6 is 0 Å². The van der Waals surface area contributed by atoms with E-state index in [-0.39, 0.29) is 12.3 Å². The minimum Gasteiger partial charge on any atom is -0.497 e. The smallest absolute Gasteiger partial charge is 0.225 e. The minimum absolute atomic E-state index is 0.131. The zero-order chi connectivity index (χ0) is 20.8. The zero-order valence-corrected chi connectivity index (χ0v) is 17.0. The normalized spacial score (nSPS) is 11.6. The van der Waals surface area contributed by atoms with E-state index >= 15 is 0 Å². The number of imidazole rings is 1. The summed E-state index contributed by atoms with van der Waals surface area (Å²) >= 11 is 0. The third-order valence-corrected chi connectivity index (χ3v) is 4.63. The van der Waals surface area contributed by atoms with Gasteiger partial charge in [-0.1, -0.05) is 12.1 Å². The van der Waals surface area contributed by atoms with Crippen molar-refractivity contribution < 1.29 is 19.0 Å². The van der Waals surface area contributed by atoms with E-state index in [0.29, 0.717) is 23.1 Å². The largest absolute Gasteiger partial charge is 0.497 e. The highest BCUT2D eigenvalue weighted by molar-refractivity contribution is 5.79. The van der Waals surface area contributed by atoms with E-state index in [1.807, 2.05) is 54.2 Å². The van der Waals surface area contributed by atoms with Crippen molar-refractivity contribution in [1.29, 1.82) is 0 Å². The Morgan fingerprint density at radius 1 is 1.03 bits per heavy atom. The highest BCUT2D eigenvalue weighted by atomic mass is 16.5. The van der Waals surface area contributed by atoms with Crippen molar-refractivity contribution in [3.8, 4) is 17.2 Å². The number of ether oxygens (including phenoxy) is 3. The van der Waals surface area contributed by atoms with Crippen molar-refractivity contribution in [1.82, 2.24) is 14.9 Å². The van der Waals surface area contributed by atoms with Crippen LogP contribution in [-0.2, 0) is 18.3 Å². The molecule has 3 aromatic rings. The van der Waals surface area contributed by atoms with Crippen molar-refractivity contribution in [3.05, 3.63) is 71.8 Å². The highest BCUT2D eigenvalue weighted by Crippen LogP contribution is 2.29. The molecule has 1 unspecified atom stereocenters. The summed E-state index contributed by atoms with van der Waals surface area (Å²) in [5, 5.41) is 3.09. The number of nitrogens with zero attached hydrogens (tertiary/aromatic N) is 2. The number of methoxy groups -OCH3 is 3. The first-order valence-corrected chi connectivity index (χ1v) is 9.16. The number of nitrogens with one attached hydrogen (secondary N) is 1. The standard InChI is InChI=1S/C22H25N3O4/c1-25-9-8-23-22(25)21(16-12-18(28-3)14-19(13-16)29-4)24-20(26)11-15-6-5-7-17(10-15)27-2/h5-10,12-14,21H,11H2,1-4H3,(H,24,26). The zero-order valence-electron chi connectivity index (χ0n) is 17.0. The van der Waals surface area contributed by atoms with Crippen LogP contribution in [0.3, 0.4) is 0 Å². The lowest BCUT2D eigenvalue weighted by atomic mass is 10.0. The second-order valence-corrected chi connectivity index (χ2v) is 6.57. The third-order valence-electron chi connectivity index (χ3n) is 4.63. The quantitative estimate of drug-likeness (QED) is 0.635. The Morgan fingerprint density at radius 3 is 2.31 bits per heavy atom. The Bertz CT molecular complexity index is 961. The van der Waals surface area contributed by atoms with Crippen LogP contribution in [0.5, 0.6) is 17.2 Å². The van der Waals surface area contributed by atoms with Gasteiger partial charge in [-0.2, -0.15) is 0 Å². The third kappa shape index (κ3) is 4.87. The van der Waals surface area contributed by atoms with Crippen molar-refractivity contribution in [2.75, 3.05) is 21.3 Å². The Hall–Kier alpha value is -3.48. The number of aryl methyl sites for hydroxylation is 1. The molecule has 3 rings (SSSR count). The molecule has 0 aliphatic heterocycles. The molecular formula is C22H25N3O4. The van der Waals surface area contributed by atoms with Crippen LogP contribution in [0.1, 0.15) is 23.0 Å². The summed E-state index contributed by atoms with van der Waals surface area (Å²) in [4.78, 5) is 17.3. The van der Waals surface area contributed by atoms with Gasteiger partial charge in [0.1, 0.15) is 29.1 Å². The van der Waals surface area contributed by atoms with Gasteiger partial charge < -0.3 is 24.1 Å². The van der Waals surface area contributed by atoms with Crippen LogP contribution in [0.2, 0.25) is 0 Å². The predicted molar refractivity (Wildman–Crippen MR) is 109 cm³/mol. The first-order chi connectivity index (χ1) is 14.0. The molecule has 0 fully saturated rings. The number of hydrogen-bond donors (Lipinski definition) is 1.